The van der Waals surface area contributed by atoms with Gasteiger partial charge in [0.25, 0.3) is 0 Å². The van der Waals surface area contributed by atoms with E-state index in [-0.39, 0.29) is 5.82 Å². The first-order valence-corrected chi connectivity index (χ1v) is 4.67. The molecular formula is C9H7FN2S. The molecule has 0 spiro atoms. The van der Waals surface area contributed by atoms with Crippen molar-refractivity contribution < 1.29 is 4.39 Å². The number of pyridine rings is 1. The Bertz CT molecular complexity index is 425. The molecule has 0 atom stereocenters. The third-order valence-corrected chi connectivity index (χ3v) is 2.58. The molecule has 0 aromatic carbocycles. The molecule has 2 heterocycles. The van der Waals surface area contributed by atoms with Gasteiger partial charge in [0, 0.05) is 22.8 Å². The number of hydrogen-bond acceptors (Lipinski definition) is 3. The highest BCUT2D eigenvalue weighted by Crippen LogP contribution is 2.22. The van der Waals surface area contributed by atoms with Crippen LogP contribution in [-0.4, -0.2) is 9.97 Å². The molecule has 0 unspecified atom stereocenters. The molecule has 4 heteroatoms. The summed E-state index contributed by atoms with van der Waals surface area (Å²) in [5.41, 5.74) is 1.68. The molecule has 0 radical (unpaired) electrons. The van der Waals surface area contributed by atoms with Crippen molar-refractivity contribution in [2.24, 2.45) is 0 Å². The van der Waals surface area contributed by atoms with Gasteiger partial charge in [-0.25, -0.2) is 9.37 Å². The van der Waals surface area contributed by atoms with E-state index in [4.69, 9.17) is 0 Å². The topological polar surface area (TPSA) is 25.8 Å². The molecule has 0 amide bonds. The van der Waals surface area contributed by atoms with Gasteiger partial charge in [-0.1, -0.05) is 0 Å². The fraction of sp³-hybridized carbons (Fsp3) is 0.111. The fourth-order valence-electron chi connectivity index (χ4n) is 1.02. The van der Waals surface area contributed by atoms with Crippen LogP contribution in [0.2, 0.25) is 0 Å². The molecule has 0 bridgehead atoms. The number of hydrogen-bond donors (Lipinski definition) is 0. The smallest absolute Gasteiger partial charge is 0.142 e. The lowest BCUT2D eigenvalue weighted by Gasteiger charge is -1.93. The summed E-state index contributed by atoms with van der Waals surface area (Å²) >= 11 is 1.49. The highest BCUT2D eigenvalue weighted by Gasteiger charge is 2.03. The quantitative estimate of drug-likeness (QED) is 0.697. The van der Waals surface area contributed by atoms with Crippen molar-refractivity contribution in [3.8, 4) is 10.6 Å². The van der Waals surface area contributed by atoms with Crippen LogP contribution in [0.3, 0.4) is 0 Å². The Morgan fingerprint density at radius 1 is 1.38 bits per heavy atom. The van der Waals surface area contributed by atoms with E-state index in [1.807, 2.05) is 12.3 Å². The monoisotopic (exact) mass is 194 g/mol. The van der Waals surface area contributed by atoms with Crippen molar-refractivity contribution >= 4 is 11.3 Å². The standard InChI is InChI=1S/C9H7FN2S/c1-6-5-13-9(12-6)7-2-8(10)4-11-3-7/h2-5H,1H3. The molecule has 66 valence electrons. The summed E-state index contributed by atoms with van der Waals surface area (Å²) in [7, 11) is 0. The van der Waals surface area contributed by atoms with Crippen LogP contribution in [0.25, 0.3) is 10.6 Å². The van der Waals surface area contributed by atoms with E-state index in [9.17, 15) is 4.39 Å². The molecule has 0 N–H and O–H groups in total. The third-order valence-electron chi connectivity index (χ3n) is 1.57. The molecule has 0 aliphatic carbocycles. The predicted molar refractivity (Wildman–Crippen MR) is 50.0 cm³/mol. The van der Waals surface area contributed by atoms with Crippen molar-refractivity contribution in [2.75, 3.05) is 0 Å². The zero-order chi connectivity index (χ0) is 9.26. The van der Waals surface area contributed by atoms with Gasteiger partial charge >= 0.3 is 0 Å². The molecule has 2 aromatic heterocycles. The van der Waals surface area contributed by atoms with Crippen LogP contribution in [0.1, 0.15) is 5.69 Å². The van der Waals surface area contributed by atoms with Crippen LogP contribution >= 0.6 is 11.3 Å². The molecule has 0 saturated heterocycles. The molecule has 2 aromatic rings. The maximum atomic E-state index is 12.8. The molecule has 2 rings (SSSR count). The highest BCUT2D eigenvalue weighted by atomic mass is 32.1. The van der Waals surface area contributed by atoms with Crippen molar-refractivity contribution in [3.05, 3.63) is 35.4 Å². The average molecular weight is 194 g/mol. The van der Waals surface area contributed by atoms with Crippen molar-refractivity contribution in [1.29, 1.82) is 0 Å². The van der Waals surface area contributed by atoms with Crippen LogP contribution < -0.4 is 0 Å². The van der Waals surface area contributed by atoms with Crippen molar-refractivity contribution in [1.82, 2.24) is 9.97 Å². The summed E-state index contributed by atoms with van der Waals surface area (Å²) in [6.07, 6.45) is 2.80. The normalized spacial score (nSPS) is 10.3. The minimum atomic E-state index is -0.328. The summed E-state index contributed by atoms with van der Waals surface area (Å²) in [6, 6.07) is 1.44. The predicted octanol–water partition coefficient (Wildman–Crippen LogP) is 2.65. The molecule has 0 fully saturated rings. The summed E-state index contributed by atoms with van der Waals surface area (Å²) in [4.78, 5) is 8.00. The first kappa shape index (κ1) is 8.31. The maximum absolute atomic E-state index is 12.8. The number of rotatable bonds is 1. The molecule has 0 aliphatic rings. The Morgan fingerprint density at radius 2 is 2.23 bits per heavy atom. The van der Waals surface area contributed by atoms with Crippen LogP contribution in [0.4, 0.5) is 4.39 Å². The van der Waals surface area contributed by atoms with Gasteiger partial charge < -0.3 is 0 Å². The zero-order valence-corrected chi connectivity index (χ0v) is 7.81. The number of thiazole rings is 1. The van der Waals surface area contributed by atoms with Crippen molar-refractivity contribution in [3.63, 3.8) is 0 Å². The second kappa shape index (κ2) is 3.22. The van der Waals surface area contributed by atoms with Gasteiger partial charge in [-0.05, 0) is 13.0 Å². The van der Waals surface area contributed by atoms with Gasteiger partial charge in [0.1, 0.15) is 10.8 Å². The lowest BCUT2D eigenvalue weighted by atomic mass is 10.3. The van der Waals surface area contributed by atoms with E-state index in [0.717, 1.165) is 16.3 Å². The Balaban J connectivity index is 2.46. The van der Waals surface area contributed by atoms with E-state index in [0.29, 0.717) is 0 Å². The fourth-order valence-corrected chi connectivity index (χ4v) is 1.79. The van der Waals surface area contributed by atoms with Crippen LogP contribution in [0.15, 0.2) is 23.8 Å². The van der Waals surface area contributed by atoms with E-state index in [2.05, 4.69) is 9.97 Å². The summed E-state index contributed by atoms with van der Waals surface area (Å²) < 4.78 is 12.8. The minimum Gasteiger partial charge on any atom is -0.261 e. The zero-order valence-electron chi connectivity index (χ0n) is 6.99. The summed E-state index contributed by atoms with van der Waals surface area (Å²) in [5.74, 6) is -0.328. The average Bonchev–Trinajstić information content (AvgIpc) is 2.52. The number of aryl methyl sites for hydroxylation is 1. The molecular weight excluding hydrogens is 187 g/mol. The first-order chi connectivity index (χ1) is 6.25. The minimum absolute atomic E-state index is 0.328. The van der Waals surface area contributed by atoms with Crippen LogP contribution in [0.5, 0.6) is 0 Å². The van der Waals surface area contributed by atoms with Gasteiger partial charge in [-0.2, -0.15) is 0 Å². The number of nitrogens with zero attached hydrogens (tertiary/aromatic N) is 2. The summed E-state index contributed by atoms with van der Waals surface area (Å²) in [5, 5.41) is 2.74. The Hall–Kier alpha value is -1.29. The first-order valence-electron chi connectivity index (χ1n) is 3.79. The maximum Gasteiger partial charge on any atom is 0.142 e. The molecule has 0 aliphatic heterocycles. The lowest BCUT2D eigenvalue weighted by molar-refractivity contribution is 0.622. The second-order valence-corrected chi connectivity index (χ2v) is 3.54. The Kier molecular flexibility index (Phi) is 2.06. The van der Waals surface area contributed by atoms with Crippen LogP contribution in [-0.2, 0) is 0 Å². The molecule has 0 saturated carbocycles. The van der Waals surface area contributed by atoms with E-state index >= 15 is 0 Å². The Labute approximate surface area is 79.1 Å². The van der Waals surface area contributed by atoms with E-state index in [1.54, 1.807) is 6.20 Å². The van der Waals surface area contributed by atoms with Gasteiger partial charge in [0.2, 0.25) is 0 Å². The number of halogens is 1. The number of aromatic nitrogens is 2. The lowest BCUT2D eigenvalue weighted by Crippen LogP contribution is -1.82. The SMILES string of the molecule is Cc1csc(-c2cncc(F)c2)n1. The largest absolute Gasteiger partial charge is 0.261 e. The Morgan fingerprint density at radius 3 is 2.85 bits per heavy atom. The highest BCUT2D eigenvalue weighted by molar-refractivity contribution is 7.13. The molecule has 2 nitrogen and oxygen atoms in total. The van der Waals surface area contributed by atoms with Gasteiger partial charge in [0.05, 0.1) is 6.20 Å². The second-order valence-electron chi connectivity index (χ2n) is 2.69. The molecule has 13 heavy (non-hydrogen) atoms. The third kappa shape index (κ3) is 1.72. The van der Waals surface area contributed by atoms with Gasteiger partial charge in [-0.15, -0.1) is 11.3 Å². The van der Waals surface area contributed by atoms with Crippen molar-refractivity contribution in [2.45, 2.75) is 6.92 Å². The van der Waals surface area contributed by atoms with E-state index < -0.39 is 0 Å². The van der Waals surface area contributed by atoms with Gasteiger partial charge in [0.15, 0.2) is 0 Å². The van der Waals surface area contributed by atoms with Crippen LogP contribution in [0, 0.1) is 12.7 Å². The summed E-state index contributed by atoms with van der Waals surface area (Å²) in [6.45, 7) is 1.91. The van der Waals surface area contributed by atoms with E-state index in [1.165, 1.54) is 23.6 Å². The van der Waals surface area contributed by atoms with Gasteiger partial charge in [-0.3, -0.25) is 4.98 Å².